The van der Waals surface area contributed by atoms with Crippen molar-refractivity contribution >= 4 is 52.2 Å². The molecule has 13 heteroatoms. The third kappa shape index (κ3) is 6.82. The van der Waals surface area contributed by atoms with Gasteiger partial charge in [0.05, 0.1) is 17.4 Å². The van der Waals surface area contributed by atoms with Crippen molar-refractivity contribution in [2.45, 2.75) is 52.2 Å². The normalized spacial score (nSPS) is 14.1. The number of imidazole rings is 2. The van der Waals surface area contributed by atoms with Crippen LogP contribution in [-0.2, 0) is 4.74 Å². The lowest BCUT2D eigenvalue weighted by Crippen LogP contribution is -2.44. The van der Waals surface area contributed by atoms with Crippen molar-refractivity contribution in [3.8, 4) is 5.75 Å². The quantitative estimate of drug-likeness (QED) is 0.229. The number of H-pyrrole nitrogens is 2. The molecule has 2 aromatic heterocycles. The molecule has 0 radical (unpaired) electrons. The van der Waals surface area contributed by atoms with Crippen LogP contribution in [0.1, 0.15) is 60.2 Å². The number of carbonyl (C=O) groups is 3. The average molecular weight is 594 g/mol. The molecule has 220 valence electrons. The first-order valence-corrected chi connectivity index (χ1v) is 13.9. The number of aryl methyl sites for hydroxylation is 1. The molecular weight excluding hydrogens is 562 g/mol. The molecule has 1 saturated heterocycles. The number of benzene rings is 2. The van der Waals surface area contributed by atoms with Gasteiger partial charge in [0.2, 0.25) is 5.95 Å². The van der Waals surface area contributed by atoms with E-state index in [-0.39, 0.29) is 29.5 Å². The monoisotopic (exact) mass is 593 g/mol. The molecule has 0 spiro atoms. The molecule has 3 heterocycles. The van der Waals surface area contributed by atoms with E-state index in [1.165, 1.54) is 6.33 Å². The van der Waals surface area contributed by atoms with Crippen molar-refractivity contribution < 1.29 is 23.9 Å². The lowest BCUT2D eigenvalue weighted by Gasteiger charge is -2.33. The second kappa shape index (κ2) is 11.7. The molecule has 0 atom stereocenters. The fraction of sp³-hybridized carbons (Fsp3) is 0.345. The topological polar surface area (TPSA) is 154 Å². The third-order valence-electron chi connectivity index (χ3n) is 6.60. The van der Waals surface area contributed by atoms with E-state index in [4.69, 9.17) is 21.1 Å². The fourth-order valence-corrected chi connectivity index (χ4v) is 4.73. The van der Waals surface area contributed by atoms with Gasteiger partial charge in [0.15, 0.2) is 5.69 Å². The van der Waals surface area contributed by atoms with Crippen LogP contribution in [0.3, 0.4) is 0 Å². The summed E-state index contributed by atoms with van der Waals surface area (Å²) in [6, 6.07) is 10.5. The number of hydrogen-bond donors (Lipinski definition) is 4. The largest absolute Gasteiger partial charge is 0.490 e. The highest BCUT2D eigenvalue weighted by molar-refractivity contribution is 6.31. The van der Waals surface area contributed by atoms with Crippen LogP contribution in [-0.4, -0.2) is 67.5 Å². The number of aromatic amines is 2. The van der Waals surface area contributed by atoms with Gasteiger partial charge >= 0.3 is 6.09 Å². The van der Waals surface area contributed by atoms with Crippen LogP contribution in [0, 0.1) is 6.92 Å². The maximum absolute atomic E-state index is 13.1. The Kier molecular flexibility index (Phi) is 8.08. The summed E-state index contributed by atoms with van der Waals surface area (Å²) >= 11 is 6.02. The van der Waals surface area contributed by atoms with E-state index in [9.17, 15) is 14.4 Å². The highest BCUT2D eigenvalue weighted by atomic mass is 35.5. The third-order valence-corrected chi connectivity index (χ3v) is 6.83. The SMILES string of the molecule is Cc1cc(OC2CCN(C(=O)OC(C)(C)C)CC2)ccc1NC(=O)c1nc[nH]c1C(=O)Nc1nc2ccc(Cl)cc2[nH]1. The van der Waals surface area contributed by atoms with E-state index in [0.717, 1.165) is 5.56 Å². The van der Waals surface area contributed by atoms with Gasteiger partial charge in [-0.3, -0.25) is 14.9 Å². The fourth-order valence-electron chi connectivity index (χ4n) is 4.56. The molecule has 12 nitrogen and oxygen atoms in total. The molecule has 3 amide bonds. The summed E-state index contributed by atoms with van der Waals surface area (Å²) in [5, 5.41) is 5.99. The van der Waals surface area contributed by atoms with Gasteiger partial charge in [0, 0.05) is 36.6 Å². The first-order chi connectivity index (χ1) is 19.9. The molecule has 0 saturated carbocycles. The van der Waals surface area contributed by atoms with Crippen LogP contribution in [0.25, 0.3) is 11.0 Å². The Balaban J connectivity index is 1.17. The van der Waals surface area contributed by atoms with E-state index >= 15 is 0 Å². The number of nitrogens with one attached hydrogen (secondary N) is 4. The number of ether oxygens (including phenoxy) is 2. The Morgan fingerprint density at radius 2 is 1.81 bits per heavy atom. The number of halogens is 1. The van der Waals surface area contributed by atoms with Crippen molar-refractivity contribution in [3.63, 3.8) is 0 Å². The second-order valence-corrected chi connectivity index (χ2v) is 11.5. The zero-order valence-corrected chi connectivity index (χ0v) is 24.5. The standard InChI is InChI=1S/C29H32ClN7O5/c1-16-13-19(41-18-9-11-37(12-10-18)28(40)42-29(2,3)4)6-8-20(16)33-25(38)23-24(32-15-31-23)26(39)36-27-34-21-7-5-17(30)14-22(21)35-27/h5-8,13-15,18H,9-12H2,1-4H3,(H,31,32)(H,33,38)(H2,34,35,36,39). The van der Waals surface area contributed by atoms with Gasteiger partial charge in [-0.05, 0) is 69.7 Å². The van der Waals surface area contributed by atoms with E-state index in [0.29, 0.717) is 53.4 Å². The van der Waals surface area contributed by atoms with E-state index in [1.807, 2.05) is 33.8 Å². The molecule has 1 fully saturated rings. The Morgan fingerprint density at radius 3 is 2.52 bits per heavy atom. The lowest BCUT2D eigenvalue weighted by molar-refractivity contribution is 0.0126. The van der Waals surface area contributed by atoms with Gasteiger partial charge in [-0.15, -0.1) is 0 Å². The number of hydrogen-bond acceptors (Lipinski definition) is 7. The minimum atomic E-state index is -0.582. The number of fused-ring (bicyclic) bond motifs is 1. The van der Waals surface area contributed by atoms with Crippen molar-refractivity contribution in [1.82, 2.24) is 24.8 Å². The minimum Gasteiger partial charge on any atom is -0.490 e. The average Bonchev–Trinajstić information content (AvgIpc) is 3.56. The summed E-state index contributed by atoms with van der Waals surface area (Å²) in [4.78, 5) is 54.1. The Bertz CT molecular complexity index is 1630. The number of nitrogens with zero attached hydrogens (tertiary/aromatic N) is 3. The van der Waals surface area contributed by atoms with Crippen molar-refractivity contribution in [2.24, 2.45) is 0 Å². The van der Waals surface area contributed by atoms with E-state index < -0.39 is 17.4 Å². The molecule has 5 rings (SSSR count). The van der Waals surface area contributed by atoms with Crippen LogP contribution in [0.5, 0.6) is 5.75 Å². The molecule has 0 unspecified atom stereocenters. The van der Waals surface area contributed by atoms with E-state index in [1.54, 1.807) is 35.2 Å². The maximum atomic E-state index is 13.1. The molecule has 0 aliphatic carbocycles. The van der Waals surface area contributed by atoms with Crippen LogP contribution in [0.2, 0.25) is 5.02 Å². The smallest absolute Gasteiger partial charge is 0.410 e. The van der Waals surface area contributed by atoms with E-state index in [2.05, 4.69) is 30.6 Å². The van der Waals surface area contributed by atoms with Gasteiger partial charge in [0.1, 0.15) is 23.1 Å². The number of piperidine rings is 1. The first kappa shape index (κ1) is 28.9. The Morgan fingerprint density at radius 1 is 1.05 bits per heavy atom. The van der Waals surface area contributed by atoms with Crippen molar-refractivity contribution in [1.29, 1.82) is 0 Å². The van der Waals surface area contributed by atoms with Crippen LogP contribution in [0.15, 0.2) is 42.7 Å². The molecular formula is C29H32ClN7O5. The summed E-state index contributed by atoms with van der Waals surface area (Å²) in [6.45, 7) is 8.50. The number of aromatic nitrogens is 4. The van der Waals surface area contributed by atoms with Gasteiger partial charge in [-0.2, -0.15) is 0 Å². The molecule has 1 aliphatic heterocycles. The summed E-state index contributed by atoms with van der Waals surface area (Å²) in [6.07, 6.45) is 2.29. The number of amides is 3. The maximum Gasteiger partial charge on any atom is 0.410 e. The molecule has 1 aliphatic rings. The Labute approximate surface area is 247 Å². The highest BCUT2D eigenvalue weighted by Gasteiger charge is 2.28. The van der Waals surface area contributed by atoms with Crippen molar-refractivity contribution in [3.05, 3.63) is 64.7 Å². The Hall–Kier alpha value is -4.58. The van der Waals surface area contributed by atoms with Gasteiger partial charge in [0.25, 0.3) is 11.8 Å². The lowest BCUT2D eigenvalue weighted by atomic mass is 10.1. The molecule has 2 aromatic carbocycles. The zero-order valence-electron chi connectivity index (χ0n) is 23.7. The predicted octanol–water partition coefficient (Wildman–Crippen LogP) is 5.53. The van der Waals surface area contributed by atoms with Crippen LogP contribution < -0.4 is 15.4 Å². The number of likely N-dealkylation sites (tertiary alicyclic amines) is 1. The first-order valence-electron chi connectivity index (χ1n) is 13.5. The number of anilines is 2. The van der Waals surface area contributed by atoms with Crippen LogP contribution >= 0.6 is 11.6 Å². The number of rotatable bonds is 6. The number of carbonyl (C=O) groups excluding carboxylic acids is 3. The summed E-state index contributed by atoms with van der Waals surface area (Å²) < 4.78 is 11.6. The zero-order chi connectivity index (χ0) is 30.0. The van der Waals surface area contributed by atoms with Crippen molar-refractivity contribution in [2.75, 3.05) is 23.7 Å². The highest BCUT2D eigenvalue weighted by Crippen LogP contribution is 2.26. The molecule has 0 bridgehead atoms. The summed E-state index contributed by atoms with van der Waals surface area (Å²) in [5.74, 6) is -0.265. The second-order valence-electron chi connectivity index (χ2n) is 11.0. The molecule has 4 N–H and O–H groups in total. The van der Waals surface area contributed by atoms with Gasteiger partial charge in [-0.1, -0.05) is 11.6 Å². The minimum absolute atomic E-state index is 0.0127. The summed E-state index contributed by atoms with van der Waals surface area (Å²) in [5.41, 5.74) is 2.01. The summed E-state index contributed by atoms with van der Waals surface area (Å²) in [7, 11) is 0. The predicted molar refractivity (Wildman–Crippen MR) is 158 cm³/mol. The molecule has 42 heavy (non-hydrogen) atoms. The van der Waals surface area contributed by atoms with Gasteiger partial charge < -0.3 is 29.7 Å². The van der Waals surface area contributed by atoms with Crippen LogP contribution in [0.4, 0.5) is 16.4 Å². The molecule has 4 aromatic rings. The van der Waals surface area contributed by atoms with Gasteiger partial charge in [-0.25, -0.2) is 14.8 Å².